The molecule has 0 radical (unpaired) electrons. The number of rotatable bonds is 6. The minimum Gasteiger partial charge on any atom is -0.478 e. The predicted octanol–water partition coefficient (Wildman–Crippen LogP) is 0.909. The third-order valence-electron chi connectivity index (χ3n) is 2.44. The van der Waals surface area contributed by atoms with Gasteiger partial charge in [0.15, 0.2) is 0 Å². The summed E-state index contributed by atoms with van der Waals surface area (Å²) < 4.78 is 4.97. The smallest absolute Gasteiger partial charge is 0.336 e. The molecule has 2 N–H and O–H groups in total. The lowest BCUT2D eigenvalue weighted by Gasteiger charge is -2.08. The zero-order valence-electron chi connectivity index (χ0n) is 10.5. The van der Waals surface area contributed by atoms with E-state index in [9.17, 15) is 9.59 Å². The largest absolute Gasteiger partial charge is 0.478 e. The monoisotopic (exact) mass is 262 g/mol. The first kappa shape index (κ1) is 14.7. The number of aromatic carboxylic acids is 1. The molecule has 0 heterocycles. The van der Waals surface area contributed by atoms with Crippen molar-refractivity contribution in [3.05, 3.63) is 34.9 Å². The average Bonchev–Trinajstić information content (AvgIpc) is 2.42. The lowest BCUT2D eigenvalue weighted by atomic mass is 10.1. The number of hydrogen-bond acceptors (Lipinski definition) is 5. The van der Waals surface area contributed by atoms with Crippen LogP contribution in [0, 0.1) is 11.3 Å². The van der Waals surface area contributed by atoms with Gasteiger partial charge in [0.05, 0.1) is 23.6 Å². The van der Waals surface area contributed by atoms with E-state index in [-0.39, 0.29) is 24.2 Å². The molecule has 19 heavy (non-hydrogen) atoms. The molecule has 0 spiro atoms. The maximum Gasteiger partial charge on any atom is 0.336 e. The van der Waals surface area contributed by atoms with Crippen molar-refractivity contribution < 1.29 is 19.4 Å². The first-order chi connectivity index (χ1) is 9.08. The Morgan fingerprint density at radius 1 is 1.47 bits per heavy atom. The van der Waals surface area contributed by atoms with Crippen molar-refractivity contribution in [1.82, 2.24) is 5.32 Å². The van der Waals surface area contributed by atoms with Gasteiger partial charge in [0, 0.05) is 12.1 Å². The molecule has 1 aromatic rings. The van der Waals surface area contributed by atoms with Gasteiger partial charge in [0.2, 0.25) is 0 Å². The number of carbonyl (C=O) groups is 2. The molecule has 0 atom stereocenters. The molecule has 0 unspecified atom stereocenters. The second-order valence-corrected chi connectivity index (χ2v) is 3.80. The number of hydrogen-bond donors (Lipinski definition) is 2. The number of carboxylic acids is 1. The second kappa shape index (κ2) is 7.13. The van der Waals surface area contributed by atoms with E-state index in [0.29, 0.717) is 12.1 Å². The fourth-order valence-corrected chi connectivity index (χ4v) is 1.43. The topological polar surface area (TPSA) is 99.4 Å². The minimum atomic E-state index is -1.15. The van der Waals surface area contributed by atoms with E-state index >= 15 is 0 Å². The number of carbonyl (C=O) groups excluding carboxylic acids is 1. The molecule has 0 aliphatic rings. The molecule has 0 saturated carbocycles. The Balaban J connectivity index is 2.76. The molecule has 100 valence electrons. The summed E-state index contributed by atoms with van der Waals surface area (Å²) in [5.41, 5.74) is 0.590. The third kappa shape index (κ3) is 4.41. The van der Waals surface area contributed by atoms with Crippen LogP contribution in [0.4, 0.5) is 0 Å². The summed E-state index contributed by atoms with van der Waals surface area (Å²) in [6, 6.07) is 6.09. The number of benzene rings is 1. The van der Waals surface area contributed by atoms with Crippen molar-refractivity contribution in [2.75, 3.05) is 13.6 Å². The summed E-state index contributed by atoms with van der Waals surface area (Å²) in [5.74, 6) is -1.56. The first-order valence-corrected chi connectivity index (χ1v) is 5.65. The van der Waals surface area contributed by atoms with E-state index in [1.165, 1.54) is 18.2 Å². The maximum absolute atomic E-state index is 11.3. The van der Waals surface area contributed by atoms with E-state index in [4.69, 9.17) is 15.1 Å². The van der Waals surface area contributed by atoms with Crippen LogP contribution in [0.1, 0.15) is 27.9 Å². The lowest BCUT2D eigenvalue weighted by Crippen LogP contribution is -2.15. The van der Waals surface area contributed by atoms with Crippen molar-refractivity contribution >= 4 is 11.9 Å². The van der Waals surface area contributed by atoms with Gasteiger partial charge in [-0.2, -0.15) is 5.26 Å². The zero-order chi connectivity index (χ0) is 14.3. The Morgan fingerprint density at radius 3 is 2.79 bits per heavy atom. The fraction of sp³-hybridized carbons (Fsp3) is 0.308. The molecule has 0 fully saturated rings. The molecule has 0 aliphatic heterocycles. The Morgan fingerprint density at radius 2 is 2.21 bits per heavy atom. The van der Waals surface area contributed by atoms with E-state index < -0.39 is 11.9 Å². The standard InChI is InChI=1S/C13H14N2O4/c1-15-5-4-12(16)19-8-10-3-2-9(7-14)6-11(10)13(17)18/h2-3,6,15H,4-5,8H2,1H3,(H,17,18). The van der Waals surface area contributed by atoms with Crippen molar-refractivity contribution in [1.29, 1.82) is 5.26 Å². The van der Waals surface area contributed by atoms with Gasteiger partial charge >= 0.3 is 11.9 Å². The second-order valence-electron chi connectivity index (χ2n) is 3.80. The Hall–Kier alpha value is -2.39. The molecule has 0 amide bonds. The first-order valence-electron chi connectivity index (χ1n) is 5.65. The highest BCUT2D eigenvalue weighted by Gasteiger charge is 2.12. The van der Waals surface area contributed by atoms with Gasteiger partial charge in [0.25, 0.3) is 0 Å². The highest BCUT2D eigenvalue weighted by Crippen LogP contribution is 2.13. The van der Waals surface area contributed by atoms with Crippen LogP contribution < -0.4 is 5.32 Å². The summed E-state index contributed by atoms with van der Waals surface area (Å²) >= 11 is 0. The number of nitrogens with zero attached hydrogens (tertiary/aromatic N) is 1. The van der Waals surface area contributed by atoms with E-state index in [0.717, 1.165) is 0 Å². The van der Waals surface area contributed by atoms with Crippen molar-refractivity contribution in [3.8, 4) is 6.07 Å². The third-order valence-corrected chi connectivity index (χ3v) is 2.44. The van der Waals surface area contributed by atoms with Crippen LogP contribution in [-0.4, -0.2) is 30.6 Å². The van der Waals surface area contributed by atoms with Crippen molar-refractivity contribution in [2.24, 2.45) is 0 Å². The van der Waals surface area contributed by atoms with Crippen LogP contribution in [0.15, 0.2) is 18.2 Å². The molecule has 6 nitrogen and oxygen atoms in total. The molecule has 0 aliphatic carbocycles. The van der Waals surface area contributed by atoms with Gasteiger partial charge in [-0.3, -0.25) is 4.79 Å². The Kier molecular flexibility index (Phi) is 5.51. The van der Waals surface area contributed by atoms with Gasteiger partial charge in [0.1, 0.15) is 6.61 Å². The Labute approximate surface area is 110 Å². The van der Waals surface area contributed by atoms with E-state index in [2.05, 4.69) is 5.32 Å². The molecular formula is C13H14N2O4. The van der Waals surface area contributed by atoms with Gasteiger partial charge in [-0.1, -0.05) is 6.07 Å². The lowest BCUT2D eigenvalue weighted by molar-refractivity contribution is -0.144. The van der Waals surface area contributed by atoms with Crippen LogP contribution in [0.5, 0.6) is 0 Å². The predicted molar refractivity (Wildman–Crippen MR) is 66.5 cm³/mol. The molecule has 1 aromatic carbocycles. The quantitative estimate of drug-likeness (QED) is 0.739. The van der Waals surface area contributed by atoms with Crippen LogP contribution in [0.25, 0.3) is 0 Å². The Bertz CT molecular complexity index is 520. The molecule has 0 saturated heterocycles. The van der Waals surface area contributed by atoms with Crippen molar-refractivity contribution in [3.63, 3.8) is 0 Å². The molecular weight excluding hydrogens is 248 g/mol. The number of nitrogens with one attached hydrogen (secondary N) is 1. The van der Waals surface area contributed by atoms with E-state index in [1.54, 1.807) is 7.05 Å². The molecule has 6 heteroatoms. The maximum atomic E-state index is 11.3. The fourth-order valence-electron chi connectivity index (χ4n) is 1.43. The van der Waals surface area contributed by atoms with Gasteiger partial charge in [-0.05, 0) is 19.2 Å². The van der Waals surface area contributed by atoms with Crippen LogP contribution in [0.2, 0.25) is 0 Å². The molecule has 0 bridgehead atoms. The molecule has 1 rings (SSSR count). The summed E-state index contributed by atoms with van der Waals surface area (Å²) in [5, 5.41) is 20.6. The number of esters is 1. The summed E-state index contributed by atoms with van der Waals surface area (Å²) in [6.07, 6.45) is 0.217. The summed E-state index contributed by atoms with van der Waals surface area (Å²) in [4.78, 5) is 22.4. The van der Waals surface area contributed by atoms with Gasteiger partial charge < -0.3 is 15.2 Å². The minimum absolute atomic E-state index is 0.0273. The van der Waals surface area contributed by atoms with Crippen LogP contribution >= 0.6 is 0 Å². The number of carboxylic acid groups (broad SMARTS) is 1. The zero-order valence-corrected chi connectivity index (χ0v) is 10.5. The molecule has 0 aromatic heterocycles. The van der Waals surface area contributed by atoms with Crippen LogP contribution in [-0.2, 0) is 16.1 Å². The number of ether oxygens (including phenoxy) is 1. The normalized spacial score (nSPS) is 9.68. The average molecular weight is 262 g/mol. The summed E-state index contributed by atoms with van der Waals surface area (Å²) in [6.45, 7) is 0.383. The van der Waals surface area contributed by atoms with Crippen molar-refractivity contribution in [2.45, 2.75) is 13.0 Å². The van der Waals surface area contributed by atoms with E-state index in [1.807, 2.05) is 6.07 Å². The van der Waals surface area contributed by atoms with Gasteiger partial charge in [-0.25, -0.2) is 4.79 Å². The van der Waals surface area contributed by atoms with Crippen LogP contribution in [0.3, 0.4) is 0 Å². The highest BCUT2D eigenvalue weighted by atomic mass is 16.5. The SMILES string of the molecule is CNCCC(=O)OCc1ccc(C#N)cc1C(=O)O. The highest BCUT2D eigenvalue weighted by molar-refractivity contribution is 5.89. The van der Waals surface area contributed by atoms with Gasteiger partial charge in [-0.15, -0.1) is 0 Å². The number of nitriles is 1. The summed E-state index contributed by atoms with van der Waals surface area (Å²) in [7, 11) is 1.72.